The molecule has 0 bridgehead atoms. The lowest BCUT2D eigenvalue weighted by atomic mass is 9.96. The molecule has 1 unspecified atom stereocenters. The Morgan fingerprint density at radius 1 is 0.943 bits per heavy atom. The van der Waals surface area contributed by atoms with Gasteiger partial charge in [0, 0.05) is 13.0 Å². The number of rotatable bonds is 7. The van der Waals surface area contributed by atoms with Gasteiger partial charge in [0.1, 0.15) is 12.1 Å². The van der Waals surface area contributed by atoms with E-state index >= 15 is 0 Å². The molecule has 0 aromatic heterocycles. The number of amides is 2. The van der Waals surface area contributed by atoms with Crippen LogP contribution < -0.4 is 10.2 Å². The first kappa shape index (κ1) is 24.0. The van der Waals surface area contributed by atoms with Gasteiger partial charge in [-0.1, -0.05) is 67.6 Å². The Bertz CT molecular complexity index is 1240. The van der Waals surface area contributed by atoms with Gasteiger partial charge in [-0.15, -0.1) is 0 Å². The van der Waals surface area contributed by atoms with Crippen LogP contribution in [0.2, 0.25) is 0 Å². The van der Waals surface area contributed by atoms with Gasteiger partial charge in [0.2, 0.25) is 0 Å². The molecule has 0 fully saturated rings. The predicted molar refractivity (Wildman–Crippen MR) is 134 cm³/mol. The quantitative estimate of drug-likeness (QED) is 0.501. The Morgan fingerprint density at radius 2 is 1.49 bits per heavy atom. The summed E-state index contributed by atoms with van der Waals surface area (Å²) in [5.74, 6) is -1.67. The van der Waals surface area contributed by atoms with Crippen molar-refractivity contribution in [3.05, 3.63) is 89.5 Å². The third kappa shape index (κ3) is 4.49. The van der Waals surface area contributed by atoms with Crippen LogP contribution >= 0.6 is 0 Å². The molecular weight excluding hydrogens is 444 g/mol. The second-order valence-electron chi connectivity index (χ2n) is 8.82. The largest absolute Gasteiger partial charge is 0.478 e. The lowest BCUT2D eigenvalue weighted by molar-refractivity contribution is -0.124. The summed E-state index contributed by atoms with van der Waals surface area (Å²) >= 11 is 0. The van der Waals surface area contributed by atoms with Crippen LogP contribution in [-0.4, -0.2) is 42.3 Å². The monoisotopic (exact) mass is 472 g/mol. The third-order valence-electron chi connectivity index (χ3n) is 6.70. The van der Waals surface area contributed by atoms with Crippen LogP contribution in [0, 0.1) is 0 Å². The second-order valence-corrected chi connectivity index (χ2v) is 8.82. The number of alkyl carbamates (subject to hydrolysis) is 1. The van der Waals surface area contributed by atoms with Gasteiger partial charge in [0.15, 0.2) is 0 Å². The van der Waals surface area contributed by atoms with Crippen molar-refractivity contribution in [1.29, 1.82) is 0 Å². The number of anilines is 1. The summed E-state index contributed by atoms with van der Waals surface area (Å²) in [6.45, 7) is 3.51. The van der Waals surface area contributed by atoms with Crippen LogP contribution in [-0.2, 0) is 9.53 Å². The van der Waals surface area contributed by atoms with Crippen molar-refractivity contribution in [1.82, 2.24) is 5.32 Å². The smallest absolute Gasteiger partial charge is 0.408 e. The molecule has 1 aliphatic carbocycles. The number of nitrogens with zero attached hydrogens (tertiary/aromatic N) is 1. The minimum absolute atomic E-state index is 0.00273. The molecule has 1 aliphatic rings. The maximum Gasteiger partial charge on any atom is 0.408 e. The number of carboxylic acid groups (broad SMARTS) is 1. The topological polar surface area (TPSA) is 95.9 Å². The molecule has 0 aliphatic heterocycles. The fourth-order valence-corrected chi connectivity index (χ4v) is 4.58. The van der Waals surface area contributed by atoms with E-state index in [4.69, 9.17) is 4.74 Å². The van der Waals surface area contributed by atoms with Gasteiger partial charge in [0.05, 0.1) is 11.3 Å². The zero-order chi connectivity index (χ0) is 25.2. The minimum atomic E-state index is -1.29. The highest BCUT2D eigenvalue weighted by Crippen LogP contribution is 2.44. The summed E-state index contributed by atoms with van der Waals surface area (Å²) in [7, 11) is 1.50. The number of hydrogen-bond donors (Lipinski definition) is 2. The van der Waals surface area contributed by atoms with Crippen LogP contribution in [0.25, 0.3) is 11.1 Å². The first-order valence-electron chi connectivity index (χ1n) is 11.5. The van der Waals surface area contributed by atoms with E-state index in [1.165, 1.54) is 18.0 Å². The molecule has 3 aromatic rings. The number of likely N-dealkylation sites (N-methyl/N-ethyl adjacent to an activating group) is 1. The number of nitrogens with one attached hydrogen (secondary N) is 1. The Kier molecular flexibility index (Phi) is 6.60. The van der Waals surface area contributed by atoms with Gasteiger partial charge < -0.3 is 20.1 Å². The highest BCUT2D eigenvalue weighted by molar-refractivity contribution is 6.05. The average Bonchev–Trinajstić information content (AvgIpc) is 3.20. The van der Waals surface area contributed by atoms with Crippen molar-refractivity contribution in [2.45, 2.75) is 31.7 Å². The van der Waals surface area contributed by atoms with E-state index in [-0.39, 0.29) is 30.2 Å². The summed E-state index contributed by atoms with van der Waals surface area (Å²) in [5.41, 5.74) is 3.42. The van der Waals surface area contributed by atoms with E-state index in [0.29, 0.717) is 0 Å². The number of fused-ring (bicyclic) bond motifs is 3. The highest BCUT2D eigenvalue weighted by atomic mass is 16.5. The summed E-state index contributed by atoms with van der Waals surface area (Å²) < 4.78 is 5.62. The highest BCUT2D eigenvalue weighted by Gasteiger charge is 2.38. The predicted octanol–water partition coefficient (Wildman–Crippen LogP) is 5.06. The van der Waals surface area contributed by atoms with Crippen molar-refractivity contribution in [2.75, 3.05) is 18.6 Å². The van der Waals surface area contributed by atoms with Gasteiger partial charge >= 0.3 is 12.1 Å². The molecule has 35 heavy (non-hydrogen) atoms. The van der Waals surface area contributed by atoms with Gasteiger partial charge in [-0.25, -0.2) is 9.59 Å². The average molecular weight is 473 g/mol. The molecule has 2 N–H and O–H groups in total. The molecule has 4 rings (SSSR count). The number of carbonyl (C=O) groups is 3. The fraction of sp³-hybridized carbons (Fsp3) is 0.250. The molecule has 7 nitrogen and oxygen atoms in total. The number of ether oxygens (including phenoxy) is 1. The molecule has 2 amide bonds. The maximum atomic E-state index is 13.4. The van der Waals surface area contributed by atoms with E-state index in [1.54, 1.807) is 32.0 Å². The standard InChI is InChI=1S/C28H28N2O5/c1-4-28(2,26(33)30(3)24-16-10-9-15-22(24)25(31)32)29-27(34)35-17-23-20-13-7-5-11-18(20)19-12-6-8-14-21(19)23/h5-16,23H,4,17H2,1-3H3,(H,29,34)(H,31,32). The van der Waals surface area contributed by atoms with E-state index in [9.17, 15) is 19.5 Å². The van der Waals surface area contributed by atoms with Crippen molar-refractivity contribution in [2.24, 2.45) is 0 Å². The normalized spacial score (nSPS) is 13.8. The van der Waals surface area contributed by atoms with Crippen molar-refractivity contribution in [3.8, 4) is 11.1 Å². The Hall–Kier alpha value is -4.13. The molecule has 0 saturated heterocycles. The zero-order valence-electron chi connectivity index (χ0n) is 19.9. The number of para-hydroxylation sites is 1. The summed E-state index contributed by atoms with van der Waals surface area (Å²) in [4.78, 5) is 39.1. The lowest BCUT2D eigenvalue weighted by Crippen LogP contribution is -2.57. The molecule has 7 heteroatoms. The number of carboxylic acids is 1. The zero-order valence-corrected chi connectivity index (χ0v) is 19.9. The maximum absolute atomic E-state index is 13.4. The Labute approximate surface area is 204 Å². The van der Waals surface area contributed by atoms with Crippen LogP contribution in [0.4, 0.5) is 10.5 Å². The van der Waals surface area contributed by atoms with Crippen LogP contribution in [0.5, 0.6) is 0 Å². The minimum Gasteiger partial charge on any atom is -0.478 e. The van der Waals surface area contributed by atoms with Crippen LogP contribution in [0.15, 0.2) is 72.8 Å². The van der Waals surface area contributed by atoms with Gasteiger partial charge in [-0.2, -0.15) is 0 Å². The molecule has 0 saturated carbocycles. The van der Waals surface area contributed by atoms with Gasteiger partial charge in [0.25, 0.3) is 5.91 Å². The van der Waals surface area contributed by atoms with E-state index < -0.39 is 23.5 Å². The summed E-state index contributed by atoms with van der Waals surface area (Å²) in [5, 5.41) is 12.2. The van der Waals surface area contributed by atoms with E-state index in [1.807, 2.05) is 36.4 Å². The lowest BCUT2D eigenvalue weighted by Gasteiger charge is -2.33. The number of benzene rings is 3. The first-order valence-corrected chi connectivity index (χ1v) is 11.5. The summed E-state index contributed by atoms with van der Waals surface area (Å²) in [6.07, 6.45) is -0.417. The third-order valence-corrected chi connectivity index (χ3v) is 6.70. The molecular formula is C28H28N2O5. The van der Waals surface area contributed by atoms with E-state index in [2.05, 4.69) is 17.4 Å². The molecule has 0 spiro atoms. The van der Waals surface area contributed by atoms with Crippen LogP contribution in [0.3, 0.4) is 0 Å². The molecule has 180 valence electrons. The van der Waals surface area contributed by atoms with Crippen molar-refractivity contribution in [3.63, 3.8) is 0 Å². The first-order chi connectivity index (χ1) is 16.8. The SMILES string of the molecule is CCC(C)(NC(=O)OCC1c2ccccc2-c2ccccc21)C(=O)N(C)c1ccccc1C(=O)O. The number of aromatic carboxylic acids is 1. The fourth-order valence-electron chi connectivity index (χ4n) is 4.58. The second kappa shape index (κ2) is 9.62. The molecule has 0 heterocycles. The molecule has 3 aromatic carbocycles. The summed E-state index contributed by atoms with van der Waals surface area (Å²) in [6, 6.07) is 22.4. The Morgan fingerprint density at radius 3 is 2.06 bits per heavy atom. The van der Waals surface area contributed by atoms with Gasteiger partial charge in [-0.3, -0.25) is 4.79 Å². The Balaban J connectivity index is 1.48. The molecule has 0 radical (unpaired) electrons. The van der Waals surface area contributed by atoms with E-state index in [0.717, 1.165) is 22.3 Å². The van der Waals surface area contributed by atoms with Crippen molar-refractivity contribution < 1.29 is 24.2 Å². The van der Waals surface area contributed by atoms with Crippen LogP contribution in [0.1, 0.15) is 47.7 Å². The number of carbonyl (C=O) groups excluding carboxylic acids is 2. The molecule has 1 atom stereocenters. The van der Waals surface area contributed by atoms with Gasteiger partial charge in [-0.05, 0) is 47.7 Å². The van der Waals surface area contributed by atoms with Crippen molar-refractivity contribution >= 4 is 23.7 Å². The number of hydrogen-bond acceptors (Lipinski definition) is 4.